The van der Waals surface area contributed by atoms with Crippen LogP contribution in [0.4, 0.5) is 0 Å². The van der Waals surface area contributed by atoms with Gasteiger partial charge in [0.15, 0.2) is 15.6 Å². The first-order chi connectivity index (χ1) is 11.5. The molecule has 0 unspecified atom stereocenters. The minimum Gasteiger partial charge on any atom is -0.356 e. The number of benzene rings is 1. The Kier molecular flexibility index (Phi) is 4.71. The molecule has 1 fully saturated rings. The highest BCUT2D eigenvalue weighted by Gasteiger charge is 2.34. The lowest BCUT2D eigenvalue weighted by atomic mass is 10.1. The fourth-order valence-electron chi connectivity index (χ4n) is 3.05. The quantitative estimate of drug-likeness (QED) is 0.825. The van der Waals surface area contributed by atoms with Crippen molar-refractivity contribution in [3.05, 3.63) is 42.1 Å². The molecule has 1 aromatic heterocycles. The van der Waals surface area contributed by atoms with E-state index in [2.05, 4.69) is 5.16 Å². The Labute approximate surface area is 141 Å². The van der Waals surface area contributed by atoms with E-state index in [9.17, 15) is 13.2 Å². The minimum atomic E-state index is -3.02. The van der Waals surface area contributed by atoms with Gasteiger partial charge in [-0.1, -0.05) is 35.5 Å². The number of likely N-dealkylation sites (N-methyl/N-ethyl adjacent to an activating group) is 1. The summed E-state index contributed by atoms with van der Waals surface area (Å²) < 4.78 is 28.6. The second kappa shape index (κ2) is 6.76. The van der Waals surface area contributed by atoms with Crippen LogP contribution in [0, 0.1) is 0 Å². The maximum Gasteiger partial charge on any atom is 0.228 e. The van der Waals surface area contributed by atoms with Crippen LogP contribution in [-0.2, 0) is 21.1 Å². The Hall–Kier alpha value is -2.15. The Balaban J connectivity index is 1.69. The molecule has 1 aliphatic rings. The number of nitrogens with zero attached hydrogens (tertiary/aromatic N) is 2. The van der Waals surface area contributed by atoms with Crippen molar-refractivity contribution >= 4 is 15.7 Å². The molecule has 0 N–H and O–H groups in total. The van der Waals surface area contributed by atoms with Crippen molar-refractivity contribution < 1.29 is 17.7 Å². The van der Waals surface area contributed by atoms with Crippen molar-refractivity contribution in [2.45, 2.75) is 25.8 Å². The van der Waals surface area contributed by atoms with Crippen LogP contribution in [0.2, 0.25) is 0 Å². The fourth-order valence-corrected chi connectivity index (χ4v) is 4.78. The third-order valence-electron chi connectivity index (χ3n) is 4.26. The highest BCUT2D eigenvalue weighted by atomic mass is 32.2. The number of hydrogen-bond acceptors (Lipinski definition) is 5. The molecular weight excluding hydrogens is 328 g/mol. The molecule has 128 valence electrons. The molecule has 1 saturated heterocycles. The molecule has 1 amide bonds. The molecular formula is C17H20N2O4S. The van der Waals surface area contributed by atoms with E-state index in [1.165, 1.54) is 0 Å². The van der Waals surface area contributed by atoms with Gasteiger partial charge in [0.1, 0.15) is 0 Å². The van der Waals surface area contributed by atoms with Crippen molar-refractivity contribution in [2.24, 2.45) is 0 Å². The standard InChI is InChI=1S/C17H20N2O4S/c1-2-19(15-8-9-24(21,22)12-15)17(20)11-14-10-16(23-18-14)13-6-4-3-5-7-13/h3-7,10,15H,2,8-9,11-12H2,1H3/t15-/m0/s1. The summed E-state index contributed by atoms with van der Waals surface area (Å²) in [5, 5.41) is 3.96. The zero-order valence-corrected chi connectivity index (χ0v) is 14.3. The number of amides is 1. The van der Waals surface area contributed by atoms with Crippen LogP contribution in [0.3, 0.4) is 0 Å². The van der Waals surface area contributed by atoms with Crippen LogP contribution in [0.15, 0.2) is 40.9 Å². The number of carbonyl (C=O) groups is 1. The molecule has 7 heteroatoms. The SMILES string of the molecule is CCN(C(=O)Cc1cc(-c2ccccc2)on1)[C@H]1CCS(=O)(=O)C1. The van der Waals surface area contributed by atoms with E-state index >= 15 is 0 Å². The first-order valence-electron chi connectivity index (χ1n) is 7.99. The average Bonchev–Trinajstić information content (AvgIpc) is 3.16. The minimum absolute atomic E-state index is 0.0562. The summed E-state index contributed by atoms with van der Waals surface area (Å²) in [5.74, 6) is 0.710. The van der Waals surface area contributed by atoms with E-state index in [4.69, 9.17) is 4.52 Å². The molecule has 1 atom stereocenters. The molecule has 0 radical (unpaired) electrons. The summed E-state index contributed by atoms with van der Waals surface area (Å²) in [5.41, 5.74) is 1.45. The maximum absolute atomic E-state index is 12.5. The highest BCUT2D eigenvalue weighted by Crippen LogP contribution is 2.22. The zero-order chi connectivity index (χ0) is 17.2. The van der Waals surface area contributed by atoms with E-state index in [0.717, 1.165) is 5.56 Å². The fraction of sp³-hybridized carbons (Fsp3) is 0.412. The first-order valence-corrected chi connectivity index (χ1v) is 9.81. The lowest BCUT2D eigenvalue weighted by molar-refractivity contribution is -0.132. The van der Waals surface area contributed by atoms with Gasteiger partial charge in [0.2, 0.25) is 5.91 Å². The van der Waals surface area contributed by atoms with Crippen molar-refractivity contribution in [2.75, 3.05) is 18.1 Å². The monoisotopic (exact) mass is 348 g/mol. The Morgan fingerprint density at radius 2 is 2.08 bits per heavy atom. The third-order valence-corrected chi connectivity index (χ3v) is 6.01. The molecule has 0 spiro atoms. The van der Waals surface area contributed by atoms with Crippen molar-refractivity contribution in [3.63, 3.8) is 0 Å². The second-order valence-electron chi connectivity index (χ2n) is 5.96. The van der Waals surface area contributed by atoms with E-state index in [1.54, 1.807) is 11.0 Å². The zero-order valence-electron chi connectivity index (χ0n) is 13.5. The molecule has 2 heterocycles. The molecule has 1 aliphatic heterocycles. The van der Waals surface area contributed by atoms with Gasteiger partial charge < -0.3 is 9.42 Å². The number of carbonyl (C=O) groups excluding carboxylic acids is 1. The molecule has 0 bridgehead atoms. The molecule has 1 aromatic carbocycles. The van der Waals surface area contributed by atoms with Gasteiger partial charge in [-0.2, -0.15) is 0 Å². The number of hydrogen-bond donors (Lipinski definition) is 0. The summed E-state index contributed by atoms with van der Waals surface area (Å²) in [7, 11) is -3.02. The Bertz CT molecular complexity index is 814. The number of aromatic nitrogens is 1. The summed E-state index contributed by atoms with van der Waals surface area (Å²) >= 11 is 0. The van der Waals surface area contributed by atoms with E-state index in [1.807, 2.05) is 37.3 Å². The highest BCUT2D eigenvalue weighted by molar-refractivity contribution is 7.91. The predicted molar refractivity (Wildman–Crippen MR) is 90.1 cm³/mol. The van der Waals surface area contributed by atoms with Gasteiger partial charge >= 0.3 is 0 Å². The van der Waals surface area contributed by atoms with Crippen molar-refractivity contribution in [1.29, 1.82) is 0 Å². The van der Waals surface area contributed by atoms with Crippen LogP contribution < -0.4 is 0 Å². The van der Waals surface area contributed by atoms with Gasteiger partial charge in [0, 0.05) is 24.2 Å². The van der Waals surface area contributed by atoms with Crippen LogP contribution in [0.25, 0.3) is 11.3 Å². The van der Waals surface area contributed by atoms with Gasteiger partial charge in [-0.15, -0.1) is 0 Å². The van der Waals surface area contributed by atoms with Gasteiger partial charge in [-0.25, -0.2) is 8.42 Å². The van der Waals surface area contributed by atoms with Crippen molar-refractivity contribution in [3.8, 4) is 11.3 Å². The second-order valence-corrected chi connectivity index (χ2v) is 8.19. The summed E-state index contributed by atoms with van der Waals surface area (Å²) in [6.07, 6.45) is 0.622. The summed E-state index contributed by atoms with van der Waals surface area (Å²) in [6.45, 7) is 2.35. The number of rotatable bonds is 5. The topological polar surface area (TPSA) is 80.5 Å². The van der Waals surface area contributed by atoms with Crippen LogP contribution in [-0.4, -0.2) is 48.5 Å². The lowest BCUT2D eigenvalue weighted by Crippen LogP contribution is -2.41. The van der Waals surface area contributed by atoms with Crippen LogP contribution in [0.5, 0.6) is 0 Å². The average molecular weight is 348 g/mol. The van der Waals surface area contributed by atoms with Gasteiger partial charge in [0.05, 0.1) is 23.6 Å². The largest absolute Gasteiger partial charge is 0.356 e. The number of sulfone groups is 1. The normalized spacial score (nSPS) is 19.3. The molecule has 6 nitrogen and oxygen atoms in total. The van der Waals surface area contributed by atoms with Gasteiger partial charge in [-0.05, 0) is 13.3 Å². The molecule has 2 aromatic rings. The summed E-state index contributed by atoms with van der Waals surface area (Å²) in [4.78, 5) is 14.2. The van der Waals surface area contributed by atoms with E-state index in [0.29, 0.717) is 24.4 Å². The first kappa shape index (κ1) is 16.7. The van der Waals surface area contributed by atoms with Gasteiger partial charge in [0.25, 0.3) is 0 Å². The Morgan fingerprint density at radius 1 is 1.33 bits per heavy atom. The molecule has 24 heavy (non-hydrogen) atoms. The van der Waals surface area contributed by atoms with Gasteiger partial charge in [-0.3, -0.25) is 4.79 Å². The summed E-state index contributed by atoms with van der Waals surface area (Å²) in [6, 6.07) is 11.1. The van der Waals surface area contributed by atoms with Crippen LogP contribution in [0.1, 0.15) is 19.0 Å². The third kappa shape index (κ3) is 3.67. The predicted octanol–water partition coefficient (Wildman–Crippen LogP) is 1.92. The molecule has 3 rings (SSSR count). The molecule has 0 saturated carbocycles. The smallest absolute Gasteiger partial charge is 0.228 e. The Morgan fingerprint density at radius 3 is 2.71 bits per heavy atom. The van der Waals surface area contributed by atoms with Crippen LogP contribution >= 0.6 is 0 Å². The lowest BCUT2D eigenvalue weighted by Gasteiger charge is -2.26. The maximum atomic E-state index is 12.5. The van der Waals surface area contributed by atoms with Crippen molar-refractivity contribution in [1.82, 2.24) is 10.1 Å². The van der Waals surface area contributed by atoms with E-state index < -0.39 is 9.84 Å². The molecule has 0 aliphatic carbocycles. The van der Waals surface area contributed by atoms with E-state index in [-0.39, 0.29) is 29.9 Å².